The van der Waals surface area contributed by atoms with Crippen LogP contribution in [0.15, 0.2) is 114 Å². The van der Waals surface area contributed by atoms with Gasteiger partial charge in [-0.15, -0.1) is 56.7 Å². The molecule has 9 rings (SSSR count). The molecule has 9 nitrogen and oxygen atoms in total. The molecule has 0 bridgehead atoms. The van der Waals surface area contributed by atoms with E-state index in [2.05, 4.69) is 266 Å². The summed E-state index contributed by atoms with van der Waals surface area (Å²) in [5.74, 6) is 0.938. The van der Waals surface area contributed by atoms with E-state index in [9.17, 15) is 0 Å². The first kappa shape index (κ1) is 75.2. The lowest BCUT2D eigenvalue weighted by molar-refractivity contribution is 0.500. The SMILES string of the molecule is CC(C)(C)C1=CCC=N1.CC(C)(C)C1=CCN=C1.CC(C)(C)c1cccs1.CC(C)(C)c1ccsn1.CC(C)(C)c1cncs1.CC(C)(C)c1nccs1.CC(C)(C)c1nccs1.CC(C)(C)c1nccs1.CC(C)(C)c1ncsn1. The number of rotatable bonds is 0. The number of thiophene rings is 1. The first-order chi connectivity index (χ1) is 36.9. The summed E-state index contributed by atoms with van der Waals surface area (Å²) < 4.78 is 8.35. The van der Waals surface area contributed by atoms with Gasteiger partial charge in [0.25, 0.3) is 0 Å². The molecular weight excluding hydrogens is 1130 g/mol. The molecule has 81 heavy (non-hydrogen) atoms. The Kier molecular flexibility index (Phi) is 31.3. The van der Waals surface area contributed by atoms with Crippen LogP contribution in [-0.4, -0.2) is 52.6 Å². The van der Waals surface area contributed by atoms with Gasteiger partial charge in [0.2, 0.25) is 0 Å². The van der Waals surface area contributed by atoms with Gasteiger partial charge in [-0.25, -0.2) is 19.9 Å². The average molecular weight is 1240 g/mol. The maximum absolute atomic E-state index is 4.24. The predicted octanol–water partition coefficient (Wildman–Crippen LogP) is 21.5. The third-order valence-corrected chi connectivity index (χ3v) is 17.9. The summed E-state index contributed by atoms with van der Waals surface area (Å²) in [5.41, 5.74) is 9.59. The van der Waals surface area contributed by atoms with Crippen molar-refractivity contribution in [1.29, 1.82) is 0 Å². The largest absolute Gasteiger partial charge is 0.289 e. The lowest BCUT2D eigenvalue weighted by Crippen LogP contribution is -2.12. The summed E-state index contributed by atoms with van der Waals surface area (Å²) in [5, 5.41) is 13.8. The Morgan fingerprint density at radius 2 is 0.914 bits per heavy atom. The van der Waals surface area contributed by atoms with E-state index in [1.165, 1.54) is 64.8 Å². The molecule has 0 saturated heterocycles. The van der Waals surface area contributed by atoms with Gasteiger partial charge in [0.15, 0.2) is 0 Å². The van der Waals surface area contributed by atoms with E-state index >= 15 is 0 Å². The number of hydrogen-bond acceptors (Lipinski definition) is 16. The fraction of sp³-hybridized carbons (Fsp3) is 0.585. The van der Waals surface area contributed by atoms with E-state index < -0.39 is 0 Å². The van der Waals surface area contributed by atoms with Gasteiger partial charge in [-0.3, -0.25) is 15.0 Å². The van der Waals surface area contributed by atoms with Crippen LogP contribution in [0.4, 0.5) is 0 Å². The van der Waals surface area contributed by atoms with E-state index in [4.69, 9.17) is 0 Å². The van der Waals surface area contributed by atoms with Crippen LogP contribution in [0.5, 0.6) is 0 Å². The lowest BCUT2D eigenvalue weighted by atomic mass is 9.88. The van der Waals surface area contributed by atoms with Crippen LogP contribution in [0.3, 0.4) is 0 Å². The second kappa shape index (κ2) is 33.6. The Morgan fingerprint density at radius 1 is 0.407 bits per heavy atom. The summed E-state index contributed by atoms with van der Waals surface area (Å²) in [7, 11) is 0. The van der Waals surface area contributed by atoms with Gasteiger partial charge < -0.3 is 0 Å². The highest BCUT2D eigenvalue weighted by molar-refractivity contribution is 7.11. The number of aromatic nitrogens is 7. The summed E-state index contributed by atoms with van der Waals surface area (Å²) >= 11 is 11.6. The number of thiazole rings is 4. The molecule has 0 radical (unpaired) electrons. The van der Waals surface area contributed by atoms with Crippen molar-refractivity contribution in [1.82, 2.24) is 33.7 Å². The fourth-order valence-corrected chi connectivity index (χ4v) is 10.9. The zero-order valence-corrected chi connectivity index (χ0v) is 60.4. The van der Waals surface area contributed by atoms with Gasteiger partial charge in [-0.05, 0) is 62.4 Å². The Hall–Kier alpha value is -3.77. The van der Waals surface area contributed by atoms with Crippen LogP contribution in [0.1, 0.15) is 230 Å². The van der Waals surface area contributed by atoms with Crippen LogP contribution in [0.25, 0.3) is 0 Å². The summed E-state index contributed by atoms with van der Waals surface area (Å²) in [6.45, 7) is 59.7. The van der Waals surface area contributed by atoms with E-state index in [1.54, 1.807) is 50.9 Å². The van der Waals surface area contributed by atoms with Crippen LogP contribution in [0, 0.1) is 10.8 Å². The maximum atomic E-state index is 4.24. The van der Waals surface area contributed by atoms with Gasteiger partial charge in [-0.1, -0.05) is 205 Å². The fourth-order valence-electron chi connectivity index (χ4n) is 5.90. The average Bonchev–Trinajstić information content (AvgIpc) is 4.21. The normalized spacial score (nSPS) is 13.3. The zero-order chi connectivity index (χ0) is 62.2. The number of aliphatic imine (C=N–C) groups is 2. The minimum absolute atomic E-state index is 0.111. The molecule has 0 N–H and O–H groups in total. The molecule has 7 aromatic rings. The first-order valence-electron chi connectivity index (χ1n) is 27.7. The van der Waals surface area contributed by atoms with Crippen LogP contribution in [0.2, 0.25) is 0 Å². The van der Waals surface area contributed by atoms with E-state index in [0.717, 1.165) is 18.8 Å². The van der Waals surface area contributed by atoms with Crippen molar-refractivity contribution in [2.45, 2.75) is 231 Å². The van der Waals surface area contributed by atoms with Crippen LogP contribution >= 0.6 is 79.7 Å². The Morgan fingerprint density at radius 3 is 1.09 bits per heavy atom. The molecule has 0 aromatic carbocycles. The smallest absolute Gasteiger partial charge is 0.147 e. The van der Waals surface area contributed by atoms with E-state index in [-0.39, 0.29) is 37.9 Å². The van der Waals surface area contributed by atoms with Crippen molar-refractivity contribution in [2.24, 2.45) is 20.8 Å². The maximum Gasteiger partial charge on any atom is 0.147 e. The molecule has 0 amide bonds. The third kappa shape index (κ3) is 32.8. The molecule has 0 unspecified atom stereocenters. The van der Waals surface area contributed by atoms with E-state index in [0.29, 0.717) is 10.8 Å². The van der Waals surface area contributed by atoms with Crippen molar-refractivity contribution < 1.29 is 0 Å². The van der Waals surface area contributed by atoms with Crippen LogP contribution in [-0.2, 0) is 37.9 Å². The lowest BCUT2D eigenvalue weighted by Gasteiger charge is -2.16. The highest BCUT2D eigenvalue weighted by Gasteiger charge is 2.21. The van der Waals surface area contributed by atoms with Crippen molar-refractivity contribution in [3.8, 4) is 0 Å². The summed E-state index contributed by atoms with van der Waals surface area (Å²) in [6.07, 6.45) is 16.8. The van der Waals surface area contributed by atoms with Gasteiger partial charge in [0.1, 0.15) is 11.3 Å². The quantitative estimate of drug-likeness (QED) is 0.149. The zero-order valence-electron chi connectivity index (χ0n) is 54.7. The highest BCUT2D eigenvalue weighted by Crippen LogP contribution is 2.30. The van der Waals surface area contributed by atoms with E-state index in [1.807, 2.05) is 75.6 Å². The van der Waals surface area contributed by atoms with Crippen molar-refractivity contribution in [2.75, 3.05) is 6.54 Å². The summed E-state index contributed by atoms with van der Waals surface area (Å²) in [4.78, 5) is 31.9. The van der Waals surface area contributed by atoms with Crippen molar-refractivity contribution in [3.05, 3.63) is 141 Å². The molecule has 450 valence electrons. The summed E-state index contributed by atoms with van der Waals surface area (Å²) in [6, 6.07) is 6.36. The second-order valence-corrected chi connectivity index (χ2v) is 34.3. The monoisotopic (exact) mass is 1230 g/mol. The molecule has 0 atom stereocenters. The van der Waals surface area contributed by atoms with Crippen molar-refractivity contribution in [3.63, 3.8) is 0 Å². The second-order valence-electron chi connectivity index (χ2n) is 28.5. The molecule has 2 aliphatic heterocycles. The number of nitrogens with zero attached hydrogens (tertiary/aromatic N) is 9. The number of hydrogen-bond donors (Lipinski definition) is 0. The standard InChI is InChI=1S/2C8H13N.C8H12S.5C7H11NS.C6H10N2S/c1-8(2,3)7-4-5-9-6-7;2*1-8(2,3)7-5-4-6-9-7;1-7(2,3)6-4-8-5-9-6;3*1-7(2,3)6-8-4-5-9-6;1-7(2,3)6-4-5-9-8-6;1-6(2,3)5-7-4-9-8-5/h4,6H,5H2,1-3H3;5-6H,4H2,1-3H3;4-6H,1-3H3;5*4-5H,1-3H3;4H,1-3H3. The Bertz CT molecular complexity index is 2280. The highest BCUT2D eigenvalue weighted by atomic mass is 32.1. The molecule has 0 fully saturated rings. The molecule has 7 aromatic heterocycles. The predicted molar refractivity (Wildman–Crippen MR) is 367 cm³/mol. The van der Waals surface area contributed by atoms with Gasteiger partial charge in [0.05, 0.1) is 32.8 Å². The minimum Gasteiger partial charge on any atom is -0.289 e. The topological polar surface area (TPSA) is 115 Å². The van der Waals surface area contributed by atoms with Gasteiger partial charge in [-0.2, -0.15) is 8.75 Å². The molecular formula is C65H103N9S7. The van der Waals surface area contributed by atoms with Crippen LogP contribution < -0.4 is 0 Å². The Labute approximate surface area is 521 Å². The molecule has 0 spiro atoms. The minimum atomic E-state index is 0.111. The number of allylic oxidation sites excluding steroid dienone is 3. The van der Waals surface area contributed by atoms with Gasteiger partial charge in [0, 0.05) is 113 Å². The third-order valence-electron chi connectivity index (χ3n) is 10.8. The molecule has 9 heterocycles. The molecule has 0 saturated carbocycles. The Balaban J connectivity index is 0.000000456. The molecule has 0 aliphatic carbocycles. The molecule has 2 aliphatic rings. The first-order valence-corrected chi connectivity index (χ1v) is 33.8. The van der Waals surface area contributed by atoms with Crippen molar-refractivity contribution >= 4 is 92.2 Å². The molecule has 16 heteroatoms. The van der Waals surface area contributed by atoms with Gasteiger partial charge >= 0.3 is 0 Å².